The number of benzene rings is 2. The quantitative estimate of drug-likeness (QED) is 0.217. The predicted molar refractivity (Wildman–Crippen MR) is 123 cm³/mol. The van der Waals surface area contributed by atoms with Gasteiger partial charge in [0.1, 0.15) is 11.5 Å². The van der Waals surface area contributed by atoms with Crippen molar-refractivity contribution in [3.8, 4) is 5.75 Å². The third-order valence-corrected chi connectivity index (χ3v) is 5.83. The van der Waals surface area contributed by atoms with Crippen molar-refractivity contribution in [3.05, 3.63) is 74.3 Å². The second-order valence-electron chi connectivity index (χ2n) is 8.45. The Kier molecular flexibility index (Phi) is 6.83. The number of nitrogens with zero attached hydrogens (tertiary/aromatic N) is 3. The van der Waals surface area contributed by atoms with Gasteiger partial charge < -0.3 is 20.0 Å². The van der Waals surface area contributed by atoms with E-state index in [4.69, 9.17) is 0 Å². The number of Topliss-reactive ketones (excluding diaryl/α,β-unsaturated/α-hetero) is 1. The third kappa shape index (κ3) is 4.73. The monoisotopic (exact) mass is 453 g/mol. The highest BCUT2D eigenvalue weighted by Crippen LogP contribution is 2.41. The summed E-state index contributed by atoms with van der Waals surface area (Å²) < 4.78 is 0. The van der Waals surface area contributed by atoms with Crippen LogP contribution in [0.3, 0.4) is 0 Å². The fourth-order valence-electron chi connectivity index (χ4n) is 3.93. The van der Waals surface area contributed by atoms with Gasteiger partial charge in [-0.25, -0.2) is 0 Å². The molecule has 0 aromatic heterocycles. The molecular formula is C24H27N3O6. The molecule has 2 aromatic carbocycles. The second-order valence-corrected chi connectivity index (χ2v) is 8.45. The molecule has 174 valence electrons. The Morgan fingerprint density at radius 2 is 1.73 bits per heavy atom. The highest BCUT2D eigenvalue weighted by atomic mass is 16.6. The normalized spacial score (nSPS) is 17.7. The predicted octanol–water partition coefficient (Wildman–Crippen LogP) is 3.29. The van der Waals surface area contributed by atoms with Crippen molar-refractivity contribution in [2.24, 2.45) is 0 Å². The number of hydrogen-bond acceptors (Lipinski definition) is 7. The van der Waals surface area contributed by atoms with Gasteiger partial charge in [0.05, 0.1) is 22.1 Å². The van der Waals surface area contributed by atoms with Crippen LogP contribution in [0.2, 0.25) is 0 Å². The molecule has 0 saturated carbocycles. The summed E-state index contributed by atoms with van der Waals surface area (Å²) in [5.41, 5.74) is 1.82. The van der Waals surface area contributed by atoms with Crippen LogP contribution in [0.5, 0.6) is 5.75 Å². The molecular weight excluding hydrogens is 426 g/mol. The molecule has 2 N–H and O–H groups in total. The van der Waals surface area contributed by atoms with E-state index in [1.165, 1.54) is 35.2 Å². The number of ketones is 1. The molecule has 3 rings (SSSR count). The van der Waals surface area contributed by atoms with Crippen LogP contribution < -0.4 is 0 Å². The Labute approximate surface area is 191 Å². The summed E-state index contributed by atoms with van der Waals surface area (Å²) in [4.78, 5) is 39.8. The number of rotatable bonds is 7. The molecule has 9 heteroatoms. The van der Waals surface area contributed by atoms with Crippen LogP contribution in [-0.2, 0) is 9.59 Å². The van der Waals surface area contributed by atoms with E-state index in [1.807, 2.05) is 19.0 Å². The van der Waals surface area contributed by atoms with Crippen LogP contribution >= 0.6 is 0 Å². The second kappa shape index (κ2) is 9.41. The van der Waals surface area contributed by atoms with E-state index in [2.05, 4.69) is 0 Å². The number of non-ortho nitro benzene ring substituents is 1. The maximum atomic E-state index is 13.0. The van der Waals surface area contributed by atoms with Gasteiger partial charge in [-0.1, -0.05) is 0 Å². The number of aryl methyl sites for hydroxylation is 2. The van der Waals surface area contributed by atoms with E-state index in [-0.39, 0.29) is 29.1 Å². The number of amides is 1. The molecule has 9 nitrogen and oxygen atoms in total. The van der Waals surface area contributed by atoms with E-state index in [1.54, 1.807) is 19.9 Å². The molecule has 33 heavy (non-hydrogen) atoms. The van der Waals surface area contributed by atoms with Gasteiger partial charge in [-0.2, -0.15) is 0 Å². The minimum atomic E-state index is -0.936. The van der Waals surface area contributed by atoms with Crippen molar-refractivity contribution >= 4 is 23.1 Å². The molecule has 0 bridgehead atoms. The first-order valence-electron chi connectivity index (χ1n) is 10.5. The minimum absolute atomic E-state index is 0.0521. The standard InChI is InChI=1S/C24H27N3O6/c1-14-12-18(19(28)13-15(14)2)22(29)20-21(16-6-8-17(9-7-16)27(32)33)26(24(31)23(20)30)11-5-10-25(3)4/h6-9,12-13,21,28-29H,5,10-11H2,1-4H3/t21-/m1/s1. The highest BCUT2D eigenvalue weighted by Gasteiger charge is 2.46. The number of nitro benzene ring substituents is 1. The van der Waals surface area contributed by atoms with Crippen molar-refractivity contribution in [2.45, 2.75) is 26.3 Å². The summed E-state index contributed by atoms with van der Waals surface area (Å²) in [6.07, 6.45) is 0.582. The Morgan fingerprint density at radius 1 is 1.12 bits per heavy atom. The fourth-order valence-corrected chi connectivity index (χ4v) is 3.93. The molecule has 1 heterocycles. The van der Waals surface area contributed by atoms with Crippen LogP contribution in [0.1, 0.15) is 34.7 Å². The van der Waals surface area contributed by atoms with Gasteiger partial charge in [0.15, 0.2) is 0 Å². The van der Waals surface area contributed by atoms with Gasteiger partial charge in [-0.15, -0.1) is 0 Å². The number of phenols is 1. The average Bonchev–Trinajstić information content (AvgIpc) is 3.00. The summed E-state index contributed by atoms with van der Waals surface area (Å²) in [5.74, 6) is -2.32. The molecule has 1 aliphatic heterocycles. The number of likely N-dealkylation sites (tertiary alicyclic amines) is 1. The van der Waals surface area contributed by atoms with Gasteiger partial charge in [-0.3, -0.25) is 19.7 Å². The lowest BCUT2D eigenvalue weighted by molar-refractivity contribution is -0.384. The van der Waals surface area contributed by atoms with E-state index < -0.39 is 28.4 Å². The molecule has 0 aliphatic carbocycles. The molecule has 1 saturated heterocycles. The number of hydrogen-bond donors (Lipinski definition) is 2. The van der Waals surface area contributed by atoms with Crippen molar-refractivity contribution in [1.82, 2.24) is 9.80 Å². The Balaban J connectivity index is 2.16. The van der Waals surface area contributed by atoms with Crippen LogP contribution in [0.25, 0.3) is 5.76 Å². The zero-order chi connectivity index (χ0) is 24.4. The smallest absolute Gasteiger partial charge is 0.295 e. The zero-order valence-corrected chi connectivity index (χ0v) is 19.0. The lowest BCUT2D eigenvalue weighted by Crippen LogP contribution is -2.32. The first-order chi connectivity index (χ1) is 15.5. The van der Waals surface area contributed by atoms with Crippen molar-refractivity contribution < 1.29 is 24.7 Å². The third-order valence-electron chi connectivity index (χ3n) is 5.83. The number of nitro groups is 1. The maximum absolute atomic E-state index is 13.0. The number of aliphatic hydroxyl groups excluding tert-OH is 1. The Morgan fingerprint density at radius 3 is 2.30 bits per heavy atom. The molecule has 1 aliphatic rings. The summed E-state index contributed by atoms with van der Waals surface area (Å²) in [6, 6.07) is 7.65. The van der Waals surface area contributed by atoms with Crippen molar-refractivity contribution in [3.63, 3.8) is 0 Å². The number of phenolic OH excluding ortho intramolecular Hbond substituents is 1. The SMILES string of the molecule is Cc1cc(O)c(C(O)=C2C(=O)C(=O)N(CCCN(C)C)[C@@H]2c2ccc([N+](=O)[O-])cc2)cc1C. The molecule has 1 atom stereocenters. The average molecular weight is 453 g/mol. The number of aliphatic hydroxyl groups is 1. The van der Waals surface area contributed by atoms with Gasteiger partial charge >= 0.3 is 0 Å². The Bertz CT molecular complexity index is 1140. The highest BCUT2D eigenvalue weighted by molar-refractivity contribution is 6.46. The first kappa shape index (κ1) is 23.9. The van der Waals surface area contributed by atoms with E-state index in [9.17, 15) is 29.9 Å². The lowest BCUT2D eigenvalue weighted by atomic mass is 9.93. The molecule has 2 aromatic rings. The Hall–Kier alpha value is -3.72. The fraction of sp³-hybridized carbons (Fsp3) is 0.333. The maximum Gasteiger partial charge on any atom is 0.295 e. The molecule has 0 spiro atoms. The van der Waals surface area contributed by atoms with Crippen LogP contribution in [0.4, 0.5) is 5.69 Å². The number of aromatic hydroxyl groups is 1. The number of carbonyl (C=O) groups is 2. The van der Waals surface area contributed by atoms with Crippen molar-refractivity contribution in [1.29, 1.82) is 0 Å². The zero-order valence-electron chi connectivity index (χ0n) is 19.0. The van der Waals surface area contributed by atoms with Crippen LogP contribution in [-0.4, -0.2) is 63.8 Å². The minimum Gasteiger partial charge on any atom is -0.507 e. The summed E-state index contributed by atoms with van der Waals surface area (Å²) in [6.45, 7) is 4.53. The number of carbonyl (C=O) groups excluding carboxylic acids is 2. The topological polar surface area (TPSA) is 124 Å². The van der Waals surface area contributed by atoms with E-state index in [0.717, 1.165) is 11.1 Å². The molecule has 0 unspecified atom stereocenters. The summed E-state index contributed by atoms with van der Waals surface area (Å²) in [7, 11) is 3.79. The lowest BCUT2D eigenvalue weighted by Gasteiger charge is -2.26. The molecule has 1 fully saturated rings. The van der Waals surface area contributed by atoms with E-state index in [0.29, 0.717) is 18.5 Å². The van der Waals surface area contributed by atoms with E-state index >= 15 is 0 Å². The largest absolute Gasteiger partial charge is 0.507 e. The van der Waals surface area contributed by atoms with Crippen LogP contribution in [0.15, 0.2) is 42.0 Å². The van der Waals surface area contributed by atoms with Gasteiger partial charge in [-0.05, 0) is 81.9 Å². The molecule has 0 radical (unpaired) electrons. The molecule has 1 amide bonds. The first-order valence-corrected chi connectivity index (χ1v) is 10.5. The van der Waals surface area contributed by atoms with Gasteiger partial charge in [0.25, 0.3) is 17.4 Å². The van der Waals surface area contributed by atoms with Crippen molar-refractivity contribution in [2.75, 3.05) is 27.2 Å². The van der Waals surface area contributed by atoms with Gasteiger partial charge in [0.2, 0.25) is 0 Å². The summed E-state index contributed by atoms with van der Waals surface area (Å²) >= 11 is 0. The van der Waals surface area contributed by atoms with Crippen LogP contribution in [0, 0.1) is 24.0 Å². The summed E-state index contributed by atoms with van der Waals surface area (Å²) in [5, 5.41) is 32.6. The van der Waals surface area contributed by atoms with Gasteiger partial charge in [0, 0.05) is 18.7 Å².